The number of benzene rings is 1. The number of pyridine rings is 1. The normalized spacial score (nSPS) is 14.0. The maximum Gasteiger partial charge on any atom is 0.420 e. The minimum Gasteiger partial charge on any atom is -0.408 e. The second-order valence-corrected chi connectivity index (χ2v) is 7.91. The number of nitrogens with one attached hydrogen (secondary N) is 1. The summed E-state index contributed by atoms with van der Waals surface area (Å²) in [5.41, 5.74) is 2.19. The van der Waals surface area contributed by atoms with E-state index in [0.29, 0.717) is 48.9 Å². The van der Waals surface area contributed by atoms with Gasteiger partial charge in [0.05, 0.1) is 5.52 Å². The van der Waals surface area contributed by atoms with Gasteiger partial charge in [-0.15, -0.1) is 10.2 Å². The number of aromatic nitrogens is 4. The van der Waals surface area contributed by atoms with Crippen molar-refractivity contribution in [3.63, 3.8) is 0 Å². The minimum absolute atomic E-state index is 0.0386. The number of hydrogen-bond donors (Lipinski definition) is 1. The Morgan fingerprint density at radius 2 is 1.79 bits per heavy atom. The smallest absolute Gasteiger partial charge is 0.408 e. The number of carbonyl (C=O) groups is 1. The summed E-state index contributed by atoms with van der Waals surface area (Å²) in [5.74, 6) is 1.44. The molecule has 1 saturated heterocycles. The number of fused-ring (bicyclic) bond motifs is 1. The molecule has 0 radical (unpaired) electrons. The fourth-order valence-corrected chi connectivity index (χ4v) is 3.82. The van der Waals surface area contributed by atoms with E-state index in [4.69, 9.17) is 4.42 Å². The zero-order valence-corrected chi connectivity index (χ0v) is 18.1. The highest BCUT2D eigenvalue weighted by Gasteiger charge is 2.23. The van der Waals surface area contributed by atoms with Crippen LogP contribution in [0.5, 0.6) is 0 Å². The molecule has 168 valence electrons. The third kappa shape index (κ3) is 4.40. The van der Waals surface area contributed by atoms with Crippen LogP contribution in [0.1, 0.15) is 5.56 Å². The van der Waals surface area contributed by atoms with Gasteiger partial charge in [0.2, 0.25) is 5.91 Å². The van der Waals surface area contributed by atoms with Crippen molar-refractivity contribution in [2.24, 2.45) is 0 Å². The van der Waals surface area contributed by atoms with Gasteiger partial charge in [-0.05, 0) is 42.8 Å². The van der Waals surface area contributed by atoms with Crippen molar-refractivity contribution < 1.29 is 9.21 Å². The van der Waals surface area contributed by atoms with Crippen LogP contribution in [0.2, 0.25) is 0 Å². The van der Waals surface area contributed by atoms with E-state index in [1.54, 1.807) is 29.3 Å². The molecule has 0 atom stereocenters. The molecule has 4 heterocycles. The Hall–Kier alpha value is -4.21. The molecule has 1 fully saturated rings. The second kappa shape index (κ2) is 8.73. The highest BCUT2D eigenvalue weighted by molar-refractivity contribution is 5.79. The zero-order valence-electron chi connectivity index (χ0n) is 18.1. The van der Waals surface area contributed by atoms with Gasteiger partial charge in [-0.2, -0.15) is 0 Å². The quantitative estimate of drug-likeness (QED) is 0.498. The summed E-state index contributed by atoms with van der Waals surface area (Å²) in [7, 11) is 0. The number of piperazine rings is 1. The van der Waals surface area contributed by atoms with Crippen LogP contribution in [0.3, 0.4) is 0 Å². The molecule has 10 heteroatoms. The van der Waals surface area contributed by atoms with E-state index in [2.05, 4.69) is 25.4 Å². The van der Waals surface area contributed by atoms with Crippen molar-refractivity contribution in [3.05, 3.63) is 70.8 Å². The van der Waals surface area contributed by atoms with Crippen LogP contribution in [0, 0.1) is 6.92 Å². The molecule has 1 aliphatic rings. The number of oxazole rings is 1. The Bertz CT molecular complexity index is 1320. The molecule has 0 bridgehead atoms. The number of para-hydroxylation sites is 2. The average molecular weight is 445 g/mol. The van der Waals surface area contributed by atoms with Crippen molar-refractivity contribution in [2.45, 2.75) is 13.5 Å². The molecule has 5 rings (SSSR count). The van der Waals surface area contributed by atoms with Crippen molar-refractivity contribution in [2.75, 3.05) is 36.4 Å². The molecule has 0 spiro atoms. The number of amides is 1. The molecule has 1 aliphatic heterocycles. The molecule has 1 aromatic carbocycles. The topological polar surface area (TPSA) is 109 Å². The summed E-state index contributed by atoms with van der Waals surface area (Å²) in [6.07, 6.45) is 1.79. The lowest BCUT2D eigenvalue weighted by Crippen LogP contribution is -2.50. The van der Waals surface area contributed by atoms with Crippen LogP contribution in [-0.2, 0) is 11.3 Å². The third-order valence-electron chi connectivity index (χ3n) is 5.64. The van der Waals surface area contributed by atoms with Gasteiger partial charge in [-0.1, -0.05) is 18.2 Å². The molecule has 0 saturated carbocycles. The molecule has 0 unspecified atom stereocenters. The largest absolute Gasteiger partial charge is 0.420 e. The standard InChI is InChI=1S/C23H23N7O3/c1-16-6-7-19(24-14-16)25-20-8-9-21(27-26-20)28-10-12-29(13-11-28)22(31)15-30-17-4-2-3-5-18(17)33-23(30)32/h2-9,14H,10-13,15H2,1H3,(H,24,25,26). The highest BCUT2D eigenvalue weighted by atomic mass is 16.4. The van der Waals surface area contributed by atoms with E-state index in [0.717, 1.165) is 11.4 Å². The predicted octanol–water partition coefficient (Wildman–Crippen LogP) is 2.18. The van der Waals surface area contributed by atoms with Gasteiger partial charge in [-0.25, -0.2) is 9.78 Å². The number of carbonyl (C=O) groups excluding carboxylic acids is 1. The Balaban J connectivity index is 1.18. The molecule has 4 aromatic rings. The van der Waals surface area contributed by atoms with Gasteiger partial charge >= 0.3 is 5.76 Å². The van der Waals surface area contributed by atoms with E-state index in [1.807, 2.05) is 37.3 Å². The van der Waals surface area contributed by atoms with Crippen LogP contribution in [0.15, 0.2) is 63.9 Å². The number of rotatable bonds is 5. The Labute approximate surface area is 189 Å². The number of anilines is 3. The molecule has 1 N–H and O–H groups in total. The van der Waals surface area contributed by atoms with Crippen molar-refractivity contribution in [1.82, 2.24) is 24.6 Å². The lowest BCUT2D eigenvalue weighted by molar-refractivity contribution is -0.132. The number of hydrogen-bond acceptors (Lipinski definition) is 8. The number of nitrogens with zero attached hydrogens (tertiary/aromatic N) is 6. The maximum absolute atomic E-state index is 12.8. The lowest BCUT2D eigenvalue weighted by Gasteiger charge is -2.35. The van der Waals surface area contributed by atoms with Crippen molar-refractivity contribution in [3.8, 4) is 0 Å². The van der Waals surface area contributed by atoms with Crippen LogP contribution in [0.25, 0.3) is 11.1 Å². The lowest BCUT2D eigenvalue weighted by atomic mass is 10.3. The molecule has 3 aromatic heterocycles. The van der Waals surface area contributed by atoms with E-state index in [9.17, 15) is 9.59 Å². The molecule has 1 amide bonds. The summed E-state index contributed by atoms with van der Waals surface area (Å²) in [6, 6.07) is 14.7. The molecule has 10 nitrogen and oxygen atoms in total. The third-order valence-corrected chi connectivity index (χ3v) is 5.64. The molecular weight excluding hydrogens is 422 g/mol. The van der Waals surface area contributed by atoms with Gasteiger partial charge in [0, 0.05) is 32.4 Å². The van der Waals surface area contributed by atoms with Gasteiger partial charge in [0.1, 0.15) is 12.4 Å². The number of aryl methyl sites for hydroxylation is 1. The first-order valence-corrected chi connectivity index (χ1v) is 10.7. The molecule has 0 aliphatic carbocycles. The molecular formula is C23H23N7O3. The summed E-state index contributed by atoms with van der Waals surface area (Å²) < 4.78 is 6.60. The van der Waals surface area contributed by atoms with Crippen molar-refractivity contribution >= 4 is 34.5 Å². The highest BCUT2D eigenvalue weighted by Crippen LogP contribution is 2.17. The first-order chi connectivity index (χ1) is 16.1. The second-order valence-electron chi connectivity index (χ2n) is 7.91. The van der Waals surface area contributed by atoms with Crippen LogP contribution >= 0.6 is 0 Å². The predicted molar refractivity (Wildman–Crippen MR) is 124 cm³/mol. The van der Waals surface area contributed by atoms with E-state index in [1.165, 1.54) is 4.57 Å². The van der Waals surface area contributed by atoms with E-state index < -0.39 is 5.76 Å². The fourth-order valence-electron chi connectivity index (χ4n) is 3.82. The SMILES string of the molecule is Cc1ccc(Nc2ccc(N3CCN(C(=O)Cn4c(=O)oc5ccccc54)CC3)nn2)nc1. The van der Waals surface area contributed by atoms with Gasteiger partial charge in [0.25, 0.3) is 0 Å². The van der Waals surface area contributed by atoms with Gasteiger partial charge in [0.15, 0.2) is 17.2 Å². The van der Waals surface area contributed by atoms with Crippen LogP contribution in [-0.4, -0.2) is 56.7 Å². The van der Waals surface area contributed by atoms with E-state index in [-0.39, 0.29) is 12.5 Å². The fraction of sp³-hybridized carbons (Fsp3) is 0.261. The van der Waals surface area contributed by atoms with E-state index >= 15 is 0 Å². The summed E-state index contributed by atoms with van der Waals surface area (Å²) >= 11 is 0. The first kappa shape index (κ1) is 20.7. The van der Waals surface area contributed by atoms with Gasteiger partial charge < -0.3 is 19.5 Å². The maximum atomic E-state index is 12.8. The summed E-state index contributed by atoms with van der Waals surface area (Å²) in [5, 5.41) is 11.7. The van der Waals surface area contributed by atoms with Crippen molar-refractivity contribution in [1.29, 1.82) is 0 Å². The summed E-state index contributed by atoms with van der Waals surface area (Å²) in [6.45, 7) is 4.29. The molecule has 33 heavy (non-hydrogen) atoms. The monoisotopic (exact) mass is 445 g/mol. The Kier molecular flexibility index (Phi) is 5.47. The minimum atomic E-state index is -0.520. The van der Waals surface area contributed by atoms with Crippen LogP contribution < -0.4 is 16.0 Å². The van der Waals surface area contributed by atoms with Crippen LogP contribution in [0.4, 0.5) is 17.5 Å². The average Bonchev–Trinajstić information content (AvgIpc) is 3.16. The Morgan fingerprint density at radius 1 is 1.00 bits per heavy atom. The Morgan fingerprint density at radius 3 is 2.52 bits per heavy atom. The summed E-state index contributed by atoms with van der Waals surface area (Å²) in [4.78, 5) is 33.1. The van der Waals surface area contributed by atoms with Gasteiger partial charge in [-0.3, -0.25) is 9.36 Å². The zero-order chi connectivity index (χ0) is 22.8. The first-order valence-electron chi connectivity index (χ1n) is 10.7.